The third kappa shape index (κ3) is 15.7. The molecule has 1 fully saturated rings. The standard InChI is InChI=1S/C34H45F3N10O12S/c1-15(2)26-30(57)45-21(14-60)32(59)47(31(58)16-5-7-17(8-6-16)34(35,36)37)13-23(49)42-18(4-3-9-40-33(38)39)27(54)41-12-22(48)43-19(10-24(50)51)28(55)44-20(11-25(52)53)29(56)46-26/h5-8,15,18-21,26,60H,3-4,9-14H2,1-2H3,(H,41,54)(H,42,49)(H,43,48)(H,44,55)(H,45,57)(H,46,56)(H,50,51)(H,52,53)(H4,38,39,40)/t18-,19-,20-,21-,26-/m0/s1. The van der Waals surface area contributed by atoms with Gasteiger partial charge in [0.2, 0.25) is 35.4 Å². The average molecular weight is 875 g/mol. The molecule has 1 aromatic carbocycles. The Morgan fingerprint density at radius 1 is 0.800 bits per heavy atom. The molecule has 0 spiro atoms. The summed E-state index contributed by atoms with van der Waals surface area (Å²) in [7, 11) is 0. The number of hydrogen-bond acceptors (Lipinski definition) is 12. The molecule has 8 amide bonds. The number of carbonyl (C=O) groups excluding carboxylic acids is 8. The van der Waals surface area contributed by atoms with Crippen molar-refractivity contribution in [3.8, 4) is 0 Å². The molecule has 1 heterocycles. The summed E-state index contributed by atoms with van der Waals surface area (Å²) >= 11 is 4.08. The lowest BCUT2D eigenvalue weighted by atomic mass is 10.0. The SMILES string of the molecule is CC(C)[C@@H]1NC(=O)[C@H](CC(=O)O)NC(=O)[C@H](CC(=O)O)NC(=O)CNC(=O)[C@H](CCCN=C(N)N)NC(=O)CN(C(=O)c2ccc(C(F)(F)F)cc2)C(=O)[C@H](CS)NC1=O. The van der Waals surface area contributed by atoms with Crippen LogP contribution in [-0.4, -0.2) is 136 Å². The van der Waals surface area contributed by atoms with E-state index in [4.69, 9.17) is 11.5 Å². The first kappa shape index (κ1) is 49.7. The van der Waals surface area contributed by atoms with E-state index in [2.05, 4.69) is 38.9 Å². The van der Waals surface area contributed by atoms with Crippen LogP contribution >= 0.6 is 12.6 Å². The molecule has 5 atom stereocenters. The van der Waals surface area contributed by atoms with Crippen molar-refractivity contribution in [1.29, 1.82) is 0 Å². The molecule has 0 radical (unpaired) electrons. The first-order chi connectivity index (χ1) is 27.9. The number of nitrogens with zero attached hydrogens (tertiary/aromatic N) is 2. The third-order valence-electron chi connectivity index (χ3n) is 8.38. The number of nitrogens with one attached hydrogen (secondary N) is 6. The van der Waals surface area contributed by atoms with Gasteiger partial charge in [-0.05, 0) is 43.0 Å². The van der Waals surface area contributed by atoms with E-state index in [1.165, 1.54) is 13.8 Å². The number of guanidine groups is 1. The molecule has 0 aromatic heterocycles. The number of halogens is 3. The highest BCUT2D eigenvalue weighted by Gasteiger charge is 2.38. The second kappa shape index (κ2) is 22.6. The summed E-state index contributed by atoms with van der Waals surface area (Å²) in [6, 6.07) is -6.35. The number of carbonyl (C=O) groups is 10. The molecule has 60 heavy (non-hydrogen) atoms. The van der Waals surface area contributed by atoms with Crippen LogP contribution in [-0.2, 0) is 49.3 Å². The number of benzene rings is 1. The third-order valence-corrected chi connectivity index (χ3v) is 8.74. The fourth-order valence-electron chi connectivity index (χ4n) is 5.36. The molecule has 330 valence electrons. The minimum absolute atomic E-state index is 0.00545. The van der Waals surface area contributed by atoms with Crippen LogP contribution in [0.2, 0.25) is 0 Å². The van der Waals surface area contributed by atoms with Crippen molar-refractivity contribution in [3.63, 3.8) is 0 Å². The first-order valence-electron chi connectivity index (χ1n) is 17.8. The largest absolute Gasteiger partial charge is 0.481 e. The second-order valence-electron chi connectivity index (χ2n) is 13.4. The van der Waals surface area contributed by atoms with Gasteiger partial charge in [-0.2, -0.15) is 25.8 Å². The van der Waals surface area contributed by atoms with Crippen LogP contribution in [0.5, 0.6) is 0 Å². The molecular weight excluding hydrogens is 829 g/mol. The Bertz CT molecular complexity index is 1840. The number of aliphatic imine (C=N–C) groups is 1. The number of alkyl halides is 3. The quantitative estimate of drug-likeness (QED) is 0.0344. The predicted molar refractivity (Wildman–Crippen MR) is 203 cm³/mol. The van der Waals surface area contributed by atoms with Crippen LogP contribution in [0.25, 0.3) is 0 Å². The molecule has 1 saturated heterocycles. The van der Waals surface area contributed by atoms with Gasteiger partial charge in [-0.15, -0.1) is 0 Å². The van der Waals surface area contributed by atoms with Gasteiger partial charge < -0.3 is 53.6 Å². The summed E-state index contributed by atoms with van der Waals surface area (Å²) < 4.78 is 39.9. The number of hydrogen-bond donors (Lipinski definition) is 11. The Morgan fingerprint density at radius 2 is 1.33 bits per heavy atom. The molecule has 0 aliphatic carbocycles. The fraction of sp³-hybridized carbons (Fsp3) is 0.500. The van der Waals surface area contributed by atoms with Crippen LogP contribution < -0.4 is 43.4 Å². The van der Waals surface area contributed by atoms with E-state index in [1.54, 1.807) is 0 Å². The number of carboxylic acid groups (broad SMARTS) is 2. The van der Waals surface area contributed by atoms with E-state index in [-0.39, 0.29) is 30.2 Å². The highest BCUT2D eigenvalue weighted by Crippen LogP contribution is 2.29. The monoisotopic (exact) mass is 874 g/mol. The minimum Gasteiger partial charge on any atom is -0.481 e. The fourth-order valence-corrected chi connectivity index (χ4v) is 5.61. The summed E-state index contributed by atoms with van der Waals surface area (Å²) in [5, 5.41) is 31.9. The number of carboxylic acids is 2. The topological polar surface area (TPSA) is 351 Å². The van der Waals surface area contributed by atoms with Crippen molar-refractivity contribution in [2.75, 3.05) is 25.4 Å². The number of imide groups is 1. The lowest BCUT2D eigenvalue weighted by molar-refractivity contribution is -0.143. The van der Waals surface area contributed by atoms with E-state index in [9.17, 15) is 71.3 Å². The number of rotatable bonds is 11. The van der Waals surface area contributed by atoms with Crippen molar-refractivity contribution in [3.05, 3.63) is 35.4 Å². The van der Waals surface area contributed by atoms with E-state index in [1.807, 2.05) is 10.6 Å². The molecule has 1 aromatic rings. The molecule has 0 bridgehead atoms. The maximum Gasteiger partial charge on any atom is 0.416 e. The van der Waals surface area contributed by atoms with Crippen molar-refractivity contribution in [2.24, 2.45) is 22.4 Å². The number of nitrogens with two attached hydrogens (primary N) is 2. The summed E-state index contributed by atoms with van der Waals surface area (Å²) in [6.45, 7) is 0.600. The smallest absolute Gasteiger partial charge is 0.416 e. The normalized spacial score (nSPS) is 21.9. The lowest BCUT2D eigenvalue weighted by Crippen LogP contribution is -2.61. The summed E-state index contributed by atoms with van der Waals surface area (Å²) in [5.74, 6) is -14.9. The van der Waals surface area contributed by atoms with Crippen LogP contribution in [0.15, 0.2) is 29.3 Å². The van der Waals surface area contributed by atoms with Crippen molar-refractivity contribution >= 4 is 77.8 Å². The Labute approximate surface area is 344 Å². The highest BCUT2D eigenvalue weighted by molar-refractivity contribution is 7.80. The Kier molecular flexibility index (Phi) is 18.7. The maximum atomic E-state index is 14.0. The average Bonchev–Trinajstić information content (AvgIpc) is 3.15. The van der Waals surface area contributed by atoms with Crippen LogP contribution in [0, 0.1) is 5.92 Å². The van der Waals surface area contributed by atoms with Gasteiger partial charge in [0.25, 0.3) is 11.8 Å². The van der Waals surface area contributed by atoms with Gasteiger partial charge in [0.1, 0.15) is 36.8 Å². The van der Waals surface area contributed by atoms with Gasteiger partial charge in [0.15, 0.2) is 5.96 Å². The Balaban J connectivity index is 2.71. The zero-order valence-corrected chi connectivity index (χ0v) is 32.9. The van der Waals surface area contributed by atoms with Crippen LogP contribution in [0.4, 0.5) is 13.2 Å². The molecule has 26 heteroatoms. The van der Waals surface area contributed by atoms with Gasteiger partial charge in [0, 0.05) is 17.9 Å². The highest BCUT2D eigenvalue weighted by atomic mass is 32.1. The van der Waals surface area contributed by atoms with Gasteiger partial charge >= 0.3 is 18.1 Å². The van der Waals surface area contributed by atoms with E-state index in [0.717, 1.165) is 12.1 Å². The molecule has 12 N–H and O–H groups in total. The van der Waals surface area contributed by atoms with Crippen molar-refractivity contribution < 1.29 is 71.3 Å². The summed E-state index contributed by atoms with van der Waals surface area (Å²) in [5.41, 5.74) is 8.99. The summed E-state index contributed by atoms with van der Waals surface area (Å²) in [4.78, 5) is 135. The molecule has 1 aliphatic rings. The van der Waals surface area contributed by atoms with Gasteiger partial charge in [0.05, 0.1) is 24.9 Å². The number of thiol groups is 1. The number of aliphatic carboxylic acids is 2. The maximum absolute atomic E-state index is 14.0. The lowest BCUT2D eigenvalue weighted by Gasteiger charge is -2.29. The van der Waals surface area contributed by atoms with E-state index >= 15 is 0 Å². The molecule has 0 saturated carbocycles. The molecule has 0 unspecified atom stereocenters. The van der Waals surface area contributed by atoms with Crippen molar-refractivity contribution in [2.45, 2.75) is 75.9 Å². The van der Waals surface area contributed by atoms with Gasteiger partial charge in [-0.3, -0.25) is 57.8 Å². The molecule has 22 nitrogen and oxygen atoms in total. The van der Waals surface area contributed by atoms with E-state index in [0.29, 0.717) is 12.1 Å². The number of amides is 8. The van der Waals surface area contributed by atoms with Gasteiger partial charge in [-0.25, -0.2) is 0 Å². The predicted octanol–water partition coefficient (Wildman–Crippen LogP) is -3.18. The Hall–Kier alpha value is -6.47. The molecule has 2 rings (SSSR count). The Morgan fingerprint density at radius 3 is 1.85 bits per heavy atom. The minimum atomic E-state index is -4.81. The summed E-state index contributed by atoms with van der Waals surface area (Å²) in [6.07, 6.45) is -7.26. The van der Waals surface area contributed by atoms with Crippen LogP contribution in [0.1, 0.15) is 55.5 Å². The first-order valence-corrected chi connectivity index (χ1v) is 18.5. The zero-order chi connectivity index (χ0) is 45.5. The zero-order valence-electron chi connectivity index (χ0n) is 32.0. The van der Waals surface area contributed by atoms with E-state index < -0.39 is 144 Å². The van der Waals surface area contributed by atoms with Gasteiger partial charge in [-0.1, -0.05) is 13.8 Å². The molecular formula is C34H45F3N10O12S. The molecule has 1 aliphatic heterocycles. The van der Waals surface area contributed by atoms with Crippen LogP contribution in [0.3, 0.4) is 0 Å². The second-order valence-corrected chi connectivity index (χ2v) is 13.8. The van der Waals surface area contributed by atoms with Crippen molar-refractivity contribution in [1.82, 2.24) is 36.8 Å².